The number of nitrogens with zero attached hydrogens (tertiary/aromatic N) is 5. The standard InChI is InChI=1S/C18H24FN5/c1-14-20-21-17-12-22(2)13-18(24(14)17)7-9-23(10-8-18)11-15-5-3-4-6-16(15)19/h3-6H,7-13H2,1-2H3. The Morgan fingerprint density at radius 1 is 1.17 bits per heavy atom. The van der Waals surface area contributed by atoms with Crippen molar-refractivity contribution in [2.75, 3.05) is 26.7 Å². The maximum atomic E-state index is 13.9. The van der Waals surface area contributed by atoms with Gasteiger partial charge in [-0.05, 0) is 32.9 Å². The summed E-state index contributed by atoms with van der Waals surface area (Å²) in [5.41, 5.74) is 0.872. The lowest BCUT2D eigenvalue weighted by atomic mass is 9.84. The smallest absolute Gasteiger partial charge is 0.147 e. The van der Waals surface area contributed by atoms with Gasteiger partial charge in [-0.2, -0.15) is 0 Å². The lowest BCUT2D eigenvalue weighted by Gasteiger charge is -2.48. The number of likely N-dealkylation sites (N-methyl/N-ethyl adjacent to an activating group) is 1. The van der Waals surface area contributed by atoms with Crippen molar-refractivity contribution in [2.45, 2.75) is 38.4 Å². The van der Waals surface area contributed by atoms with Crippen molar-refractivity contribution in [1.29, 1.82) is 0 Å². The Bertz CT molecular complexity index is 733. The molecule has 0 saturated carbocycles. The van der Waals surface area contributed by atoms with E-state index in [0.29, 0.717) is 6.54 Å². The Labute approximate surface area is 142 Å². The molecule has 2 aliphatic heterocycles. The van der Waals surface area contributed by atoms with Crippen LogP contribution in [-0.2, 0) is 18.6 Å². The van der Waals surface area contributed by atoms with Crippen molar-refractivity contribution in [1.82, 2.24) is 24.6 Å². The van der Waals surface area contributed by atoms with E-state index in [-0.39, 0.29) is 11.4 Å². The molecule has 0 bridgehead atoms. The van der Waals surface area contributed by atoms with Crippen LogP contribution >= 0.6 is 0 Å². The van der Waals surface area contributed by atoms with E-state index in [2.05, 4.69) is 38.5 Å². The van der Waals surface area contributed by atoms with Crippen LogP contribution in [0.2, 0.25) is 0 Å². The maximum absolute atomic E-state index is 13.9. The largest absolute Gasteiger partial charge is 0.306 e. The molecular weight excluding hydrogens is 305 g/mol. The third kappa shape index (κ3) is 2.63. The first-order chi connectivity index (χ1) is 11.6. The van der Waals surface area contributed by atoms with Crippen LogP contribution in [0.4, 0.5) is 4.39 Å². The second-order valence-electron chi connectivity index (χ2n) is 7.26. The number of likely N-dealkylation sites (tertiary alicyclic amines) is 1. The Hall–Kier alpha value is -1.79. The molecule has 6 heteroatoms. The minimum atomic E-state index is -0.105. The second-order valence-corrected chi connectivity index (χ2v) is 7.26. The average Bonchev–Trinajstić information content (AvgIpc) is 2.93. The summed E-state index contributed by atoms with van der Waals surface area (Å²) in [7, 11) is 2.15. The van der Waals surface area contributed by atoms with Crippen molar-refractivity contribution < 1.29 is 4.39 Å². The molecule has 1 aromatic heterocycles. The summed E-state index contributed by atoms with van der Waals surface area (Å²) in [6, 6.07) is 7.09. The highest BCUT2D eigenvalue weighted by Gasteiger charge is 2.42. The minimum Gasteiger partial charge on any atom is -0.306 e. The summed E-state index contributed by atoms with van der Waals surface area (Å²) in [6.45, 7) is 6.58. The van der Waals surface area contributed by atoms with Gasteiger partial charge in [-0.3, -0.25) is 9.80 Å². The summed E-state index contributed by atoms with van der Waals surface area (Å²) in [5, 5.41) is 8.67. The lowest BCUT2D eigenvalue weighted by molar-refractivity contribution is 0.0459. The van der Waals surface area contributed by atoms with E-state index in [1.165, 1.54) is 0 Å². The van der Waals surface area contributed by atoms with Crippen LogP contribution < -0.4 is 0 Å². The number of aromatic nitrogens is 3. The first-order valence-electron chi connectivity index (χ1n) is 8.63. The molecule has 0 N–H and O–H groups in total. The summed E-state index contributed by atoms with van der Waals surface area (Å²) < 4.78 is 16.3. The van der Waals surface area contributed by atoms with Gasteiger partial charge >= 0.3 is 0 Å². The van der Waals surface area contributed by atoms with Crippen LogP contribution in [-0.4, -0.2) is 51.2 Å². The fourth-order valence-corrected chi connectivity index (χ4v) is 4.37. The summed E-state index contributed by atoms with van der Waals surface area (Å²) in [4.78, 5) is 4.70. The second kappa shape index (κ2) is 5.93. The van der Waals surface area contributed by atoms with Crippen molar-refractivity contribution in [3.05, 3.63) is 47.3 Å². The van der Waals surface area contributed by atoms with Crippen molar-refractivity contribution in [3.8, 4) is 0 Å². The van der Waals surface area contributed by atoms with Crippen molar-refractivity contribution >= 4 is 0 Å². The molecule has 1 aromatic carbocycles. The minimum absolute atomic E-state index is 0.0850. The SMILES string of the molecule is Cc1nnc2n1C1(CCN(Cc3ccccc3F)CC1)CN(C)C2. The van der Waals surface area contributed by atoms with Gasteiger partial charge in [-0.25, -0.2) is 4.39 Å². The molecule has 128 valence electrons. The van der Waals surface area contributed by atoms with Gasteiger partial charge in [-0.15, -0.1) is 10.2 Å². The zero-order valence-electron chi connectivity index (χ0n) is 14.4. The number of benzene rings is 1. The first-order valence-corrected chi connectivity index (χ1v) is 8.63. The van der Waals surface area contributed by atoms with Crippen molar-refractivity contribution in [3.63, 3.8) is 0 Å². The van der Waals surface area contributed by atoms with Crippen LogP contribution in [0.15, 0.2) is 24.3 Å². The van der Waals surface area contributed by atoms with Gasteiger partial charge in [0.25, 0.3) is 0 Å². The molecule has 5 nitrogen and oxygen atoms in total. The number of aryl methyl sites for hydroxylation is 1. The molecule has 3 heterocycles. The molecule has 1 fully saturated rings. The summed E-state index contributed by atoms with van der Waals surface area (Å²) in [6.07, 6.45) is 2.11. The van der Waals surface area contributed by atoms with E-state index in [9.17, 15) is 4.39 Å². The first kappa shape index (κ1) is 15.7. The third-order valence-electron chi connectivity index (χ3n) is 5.48. The van der Waals surface area contributed by atoms with E-state index >= 15 is 0 Å². The topological polar surface area (TPSA) is 37.2 Å². The van der Waals surface area contributed by atoms with Gasteiger partial charge in [0.05, 0.1) is 12.1 Å². The van der Waals surface area contributed by atoms with Gasteiger partial charge in [-0.1, -0.05) is 18.2 Å². The Balaban J connectivity index is 1.52. The highest BCUT2D eigenvalue weighted by atomic mass is 19.1. The Morgan fingerprint density at radius 3 is 2.67 bits per heavy atom. The molecule has 1 spiro atoms. The van der Waals surface area contributed by atoms with Crippen LogP contribution in [0.5, 0.6) is 0 Å². The van der Waals surface area contributed by atoms with Gasteiger partial charge in [0.15, 0.2) is 0 Å². The van der Waals surface area contributed by atoms with Crippen LogP contribution in [0.1, 0.15) is 30.1 Å². The maximum Gasteiger partial charge on any atom is 0.147 e. The van der Waals surface area contributed by atoms with Gasteiger partial charge < -0.3 is 4.57 Å². The molecule has 0 unspecified atom stereocenters. The number of halogens is 1. The highest BCUT2D eigenvalue weighted by Crippen LogP contribution is 2.36. The number of rotatable bonds is 2. The molecule has 2 aliphatic rings. The van der Waals surface area contributed by atoms with E-state index in [1.54, 1.807) is 12.1 Å². The number of hydrogen-bond donors (Lipinski definition) is 0. The van der Waals surface area contributed by atoms with Crippen LogP contribution in [0.25, 0.3) is 0 Å². The molecule has 1 saturated heterocycles. The zero-order valence-corrected chi connectivity index (χ0v) is 14.4. The predicted octanol–water partition coefficient (Wildman–Crippen LogP) is 2.16. The molecule has 0 aliphatic carbocycles. The predicted molar refractivity (Wildman–Crippen MR) is 90.0 cm³/mol. The molecule has 0 atom stereocenters. The molecule has 4 rings (SSSR count). The van der Waals surface area contributed by atoms with E-state index in [4.69, 9.17) is 0 Å². The Morgan fingerprint density at radius 2 is 1.92 bits per heavy atom. The highest BCUT2D eigenvalue weighted by molar-refractivity contribution is 5.17. The van der Waals surface area contributed by atoms with Gasteiger partial charge in [0.1, 0.15) is 17.5 Å². The fraction of sp³-hybridized carbons (Fsp3) is 0.556. The number of hydrogen-bond acceptors (Lipinski definition) is 4. The summed E-state index contributed by atoms with van der Waals surface area (Å²) >= 11 is 0. The Kier molecular flexibility index (Phi) is 3.89. The number of piperidine rings is 1. The van der Waals surface area contributed by atoms with Crippen molar-refractivity contribution in [2.24, 2.45) is 0 Å². The number of fused-ring (bicyclic) bond motifs is 2. The monoisotopic (exact) mass is 329 g/mol. The fourth-order valence-electron chi connectivity index (χ4n) is 4.37. The zero-order chi connectivity index (χ0) is 16.7. The van der Waals surface area contributed by atoms with Gasteiger partial charge in [0.2, 0.25) is 0 Å². The average molecular weight is 329 g/mol. The molecule has 0 amide bonds. The quantitative estimate of drug-likeness (QED) is 0.846. The molecular formula is C18H24FN5. The van der Waals surface area contributed by atoms with Crippen LogP contribution in [0, 0.1) is 12.7 Å². The van der Waals surface area contributed by atoms with E-state index in [1.807, 2.05) is 12.1 Å². The molecule has 0 radical (unpaired) electrons. The molecule has 2 aromatic rings. The molecule has 24 heavy (non-hydrogen) atoms. The lowest BCUT2D eigenvalue weighted by Crippen LogP contribution is -2.55. The van der Waals surface area contributed by atoms with Crippen LogP contribution in [0.3, 0.4) is 0 Å². The van der Waals surface area contributed by atoms with E-state index < -0.39 is 0 Å². The third-order valence-corrected chi connectivity index (χ3v) is 5.48. The summed E-state index contributed by atoms with van der Waals surface area (Å²) in [5.74, 6) is 1.98. The van der Waals surface area contributed by atoms with E-state index in [0.717, 1.165) is 56.2 Å². The normalized spacial score (nSPS) is 21.1. The van der Waals surface area contributed by atoms with Gasteiger partial charge in [0, 0.05) is 31.7 Å².